The SMILES string of the molecule is COc1cccc2cc(C(=O)NCCNc3cc(-n4ccnc4C)ncn3)c(=O)oc12. The summed E-state index contributed by atoms with van der Waals surface area (Å²) in [5.41, 5.74) is -0.486. The van der Waals surface area contributed by atoms with Gasteiger partial charge in [-0.3, -0.25) is 9.36 Å². The van der Waals surface area contributed by atoms with E-state index in [2.05, 4.69) is 25.6 Å². The lowest BCUT2D eigenvalue weighted by atomic mass is 10.1. The van der Waals surface area contributed by atoms with Crippen molar-refractivity contribution in [2.45, 2.75) is 6.92 Å². The molecule has 0 bridgehead atoms. The van der Waals surface area contributed by atoms with E-state index in [1.165, 1.54) is 19.5 Å². The first kappa shape index (κ1) is 20.1. The van der Waals surface area contributed by atoms with Crippen molar-refractivity contribution in [1.82, 2.24) is 24.8 Å². The van der Waals surface area contributed by atoms with Gasteiger partial charge < -0.3 is 19.8 Å². The predicted molar refractivity (Wildman–Crippen MR) is 114 cm³/mol. The minimum absolute atomic E-state index is 0.0688. The zero-order chi connectivity index (χ0) is 21.8. The van der Waals surface area contributed by atoms with E-state index in [1.807, 2.05) is 17.7 Å². The smallest absolute Gasteiger partial charge is 0.349 e. The molecule has 0 saturated carbocycles. The molecule has 10 nitrogen and oxygen atoms in total. The third-order valence-corrected chi connectivity index (χ3v) is 4.63. The first-order chi connectivity index (χ1) is 15.1. The van der Waals surface area contributed by atoms with Crippen LogP contribution in [0.25, 0.3) is 16.8 Å². The van der Waals surface area contributed by atoms with Gasteiger partial charge in [-0.05, 0) is 19.1 Å². The maximum Gasteiger partial charge on any atom is 0.349 e. The van der Waals surface area contributed by atoms with E-state index in [9.17, 15) is 9.59 Å². The van der Waals surface area contributed by atoms with E-state index in [4.69, 9.17) is 9.15 Å². The van der Waals surface area contributed by atoms with Gasteiger partial charge >= 0.3 is 5.63 Å². The van der Waals surface area contributed by atoms with Gasteiger partial charge in [0.15, 0.2) is 11.3 Å². The number of rotatable bonds is 7. The van der Waals surface area contributed by atoms with Gasteiger partial charge in [0.1, 0.15) is 29.4 Å². The van der Waals surface area contributed by atoms with Gasteiger partial charge in [0.25, 0.3) is 5.91 Å². The van der Waals surface area contributed by atoms with Crippen molar-refractivity contribution < 1.29 is 13.9 Å². The summed E-state index contributed by atoms with van der Waals surface area (Å²) in [5.74, 6) is 2.01. The minimum Gasteiger partial charge on any atom is -0.493 e. The fraction of sp³-hybridized carbons (Fsp3) is 0.190. The van der Waals surface area contributed by atoms with Gasteiger partial charge in [-0.15, -0.1) is 0 Å². The summed E-state index contributed by atoms with van der Waals surface area (Å²) in [4.78, 5) is 37.3. The highest BCUT2D eigenvalue weighted by Gasteiger charge is 2.15. The molecular weight excluding hydrogens is 400 g/mol. The van der Waals surface area contributed by atoms with Crippen LogP contribution in [0.2, 0.25) is 0 Å². The number of anilines is 1. The van der Waals surface area contributed by atoms with Crippen LogP contribution in [-0.2, 0) is 0 Å². The standard InChI is InChI=1S/C21H20N6O4/c1-13-22-8-9-27(13)18-11-17(25-12-26-18)23-6-7-24-20(28)15-10-14-4-3-5-16(30-2)19(14)31-21(15)29/h3-5,8-12H,6-7H2,1-2H3,(H,24,28)(H,23,25,26). The Labute approximate surface area is 176 Å². The minimum atomic E-state index is -0.724. The highest BCUT2D eigenvalue weighted by Crippen LogP contribution is 2.24. The number of para-hydroxylation sites is 1. The summed E-state index contributed by atoms with van der Waals surface area (Å²) in [6, 6.07) is 8.46. The summed E-state index contributed by atoms with van der Waals surface area (Å²) in [7, 11) is 1.49. The summed E-state index contributed by atoms with van der Waals surface area (Å²) < 4.78 is 12.3. The van der Waals surface area contributed by atoms with Crippen molar-refractivity contribution in [3.63, 3.8) is 0 Å². The second-order valence-electron chi connectivity index (χ2n) is 6.61. The van der Waals surface area contributed by atoms with Crippen molar-refractivity contribution in [3.8, 4) is 11.6 Å². The molecule has 10 heteroatoms. The summed E-state index contributed by atoms with van der Waals surface area (Å²) in [6.45, 7) is 2.56. The van der Waals surface area contributed by atoms with Crippen LogP contribution in [0.3, 0.4) is 0 Å². The maximum absolute atomic E-state index is 12.5. The molecule has 3 heterocycles. The lowest BCUT2D eigenvalue weighted by molar-refractivity contribution is 0.0951. The number of hydrogen-bond donors (Lipinski definition) is 2. The van der Waals surface area contributed by atoms with Crippen LogP contribution in [0.5, 0.6) is 5.75 Å². The van der Waals surface area contributed by atoms with E-state index >= 15 is 0 Å². The number of nitrogens with one attached hydrogen (secondary N) is 2. The van der Waals surface area contributed by atoms with Crippen molar-refractivity contribution in [2.24, 2.45) is 0 Å². The highest BCUT2D eigenvalue weighted by atomic mass is 16.5. The van der Waals surface area contributed by atoms with Crippen molar-refractivity contribution in [3.05, 3.63) is 70.9 Å². The fourth-order valence-electron chi connectivity index (χ4n) is 3.09. The third kappa shape index (κ3) is 4.22. The molecular formula is C21H20N6O4. The van der Waals surface area contributed by atoms with Crippen LogP contribution in [0.15, 0.2) is 58.3 Å². The first-order valence-corrected chi connectivity index (χ1v) is 9.52. The van der Waals surface area contributed by atoms with Crippen molar-refractivity contribution >= 4 is 22.7 Å². The molecule has 4 rings (SSSR count). The van der Waals surface area contributed by atoms with E-state index < -0.39 is 11.5 Å². The number of ether oxygens (including phenoxy) is 1. The molecule has 0 fully saturated rings. The zero-order valence-electron chi connectivity index (χ0n) is 17.0. The maximum atomic E-state index is 12.5. The van der Waals surface area contributed by atoms with Crippen LogP contribution in [0.4, 0.5) is 5.82 Å². The number of amides is 1. The summed E-state index contributed by atoms with van der Waals surface area (Å²) >= 11 is 0. The molecule has 3 aromatic heterocycles. The summed E-state index contributed by atoms with van der Waals surface area (Å²) in [5, 5.41) is 6.42. The van der Waals surface area contributed by atoms with Gasteiger partial charge in [-0.2, -0.15) is 0 Å². The largest absolute Gasteiger partial charge is 0.493 e. The predicted octanol–water partition coefficient (Wildman–Crippen LogP) is 1.93. The quantitative estimate of drug-likeness (QED) is 0.343. The molecule has 0 saturated heterocycles. The Kier molecular flexibility index (Phi) is 5.61. The first-order valence-electron chi connectivity index (χ1n) is 9.52. The summed E-state index contributed by atoms with van der Waals surface area (Å²) in [6.07, 6.45) is 4.95. The van der Waals surface area contributed by atoms with Crippen molar-refractivity contribution in [2.75, 3.05) is 25.5 Å². The lowest BCUT2D eigenvalue weighted by Crippen LogP contribution is -2.32. The second kappa shape index (κ2) is 8.66. The molecule has 31 heavy (non-hydrogen) atoms. The van der Waals surface area contributed by atoms with Crippen LogP contribution < -0.4 is 21.0 Å². The lowest BCUT2D eigenvalue weighted by Gasteiger charge is -2.09. The van der Waals surface area contributed by atoms with Gasteiger partial charge in [-0.1, -0.05) is 12.1 Å². The molecule has 1 aromatic carbocycles. The Hall–Kier alpha value is -4.21. The number of aryl methyl sites for hydroxylation is 1. The van der Waals surface area contributed by atoms with E-state index in [1.54, 1.807) is 30.5 Å². The monoisotopic (exact) mass is 420 g/mol. The number of hydrogen-bond acceptors (Lipinski definition) is 8. The number of benzene rings is 1. The molecule has 0 spiro atoms. The number of aromatic nitrogens is 4. The highest BCUT2D eigenvalue weighted by molar-refractivity contribution is 5.97. The van der Waals surface area contributed by atoms with E-state index in [0.29, 0.717) is 34.9 Å². The molecule has 0 unspecified atom stereocenters. The Morgan fingerprint density at radius 3 is 2.84 bits per heavy atom. The average Bonchev–Trinajstić information content (AvgIpc) is 3.21. The van der Waals surface area contributed by atoms with Crippen LogP contribution >= 0.6 is 0 Å². The number of nitrogens with zero attached hydrogens (tertiary/aromatic N) is 4. The van der Waals surface area contributed by atoms with Gasteiger partial charge in [-0.25, -0.2) is 19.7 Å². The van der Waals surface area contributed by atoms with Gasteiger partial charge in [0, 0.05) is 36.9 Å². The third-order valence-electron chi connectivity index (χ3n) is 4.63. The molecule has 2 N–H and O–H groups in total. The van der Waals surface area contributed by atoms with Gasteiger partial charge in [0.2, 0.25) is 0 Å². The van der Waals surface area contributed by atoms with E-state index in [0.717, 1.165) is 5.82 Å². The number of methoxy groups -OCH3 is 1. The normalized spacial score (nSPS) is 10.8. The Balaban J connectivity index is 1.38. The molecule has 1 amide bonds. The molecule has 0 atom stereocenters. The van der Waals surface area contributed by atoms with Crippen LogP contribution in [0, 0.1) is 6.92 Å². The second-order valence-corrected chi connectivity index (χ2v) is 6.61. The number of carbonyl (C=O) groups excluding carboxylic acids is 1. The fourth-order valence-corrected chi connectivity index (χ4v) is 3.09. The Morgan fingerprint density at radius 1 is 1.19 bits per heavy atom. The van der Waals surface area contributed by atoms with Crippen molar-refractivity contribution in [1.29, 1.82) is 0 Å². The molecule has 0 radical (unpaired) electrons. The topological polar surface area (TPSA) is 124 Å². The molecule has 4 aromatic rings. The van der Waals surface area contributed by atoms with Crippen LogP contribution in [0.1, 0.15) is 16.2 Å². The molecule has 158 valence electrons. The molecule has 0 aliphatic heterocycles. The number of carbonyl (C=O) groups is 1. The zero-order valence-corrected chi connectivity index (χ0v) is 17.0. The molecule has 0 aliphatic rings. The molecule has 0 aliphatic carbocycles. The number of imidazole rings is 1. The average molecular weight is 420 g/mol. The van der Waals surface area contributed by atoms with Crippen LogP contribution in [-0.4, -0.2) is 45.6 Å². The van der Waals surface area contributed by atoms with E-state index in [-0.39, 0.29) is 12.1 Å². The van der Waals surface area contributed by atoms with Gasteiger partial charge in [0.05, 0.1) is 7.11 Å². The number of fused-ring (bicyclic) bond motifs is 1. The Morgan fingerprint density at radius 2 is 2.06 bits per heavy atom. The Bertz CT molecular complexity index is 1300.